The summed E-state index contributed by atoms with van der Waals surface area (Å²) in [6.45, 7) is 3.04. The Balaban J connectivity index is 1.56. The summed E-state index contributed by atoms with van der Waals surface area (Å²) in [4.78, 5) is 2.58. The first kappa shape index (κ1) is 11.2. The lowest BCUT2D eigenvalue weighted by Crippen LogP contribution is -2.47. The minimum Gasteiger partial charge on any atom is -0.310 e. The predicted molar refractivity (Wildman–Crippen MR) is 67.8 cm³/mol. The van der Waals surface area contributed by atoms with Gasteiger partial charge in [0.05, 0.1) is 6.20 Å². The Morgan fingerprint density at radius 3 is 2.71 bits per heavy atom. The van der Waals surface area contributed by atoms with Crippen LogP contribution < -0.4 is 5.32 Å². The molecule has 0 spiro atoms. The van der Waals surface area contributed by atoms with Crippen molar-refractivity contribution in [2.45, 2.75) is 57.3 Å². The molecule has 2 bridgehead atoms. The third-order valence-corrected chi connectivity index (χ3v) is 4.61. The van der Waals surface area contributed by atoms with Crippen LogP contribution in [0.15, 0.2) is 6.20 Å². The summed E-state index contributed by atoms with van der Waals surface area (Å²) in [6, 6.07) is 2.33. The molecule has 2 N–H and O–H groups in total. The molecule has 17 heavy (non-hydrogen) atoms. The standard InChI is InChI=1S/C13H22N4/c1-9-10(8-15-16-9)7-14-11-5-12-3-4-13(6-11)17(12)2/h8,11-14H,3-7H2,1-2H3,(H,15,16). The number of aromatic nitrogens is 2. The van der Waals surface area contributed by atoms with E-state index >= 15 is 0 Å². The molecule has 0 aromatic carbocycles. The van der Waals surface area contributed by atoms with E-state index in [2.05, 4.69) is 34.4 Å². The van der Waals surface area contributed by atoms with Crippen LogP contribution in [0.1, 0.15) is 36.9 Å². The lowest BCUT2D eigenvalue weighted by Gasteiger charge is -2.36. The molecule has 2 aliphatic heterocycles. The van der Waals surface area contributed by atoms with E-state index in [9.17, 15) is 0 Å². The number of hydrogen-bond acceptors (Lipinski definition) is 3. The van der Waals surface area contributed by atoms with Gasteiger partial charge < -0.3 is 10.2 Å². The molecule has 2 atom stereocenters. The molecule has 4 heteroatoms. The van der Waals surface area contributed by atoms with Gasteiger partial charge in [-0.2, -0.15) is 5.10 Å². The molecule has 2 fully saturated rings. The van der Waals surface area contributed by atoms with Crippen LogP contribution in [-0.2, 0) is 6.54 Å². The van der Waals surface area contributed by atoms with Crippen molar-refractivity contribution in [3.63, 3.8) is 0 Å². The van der Waals surface area contributed by atoms with Crippen LogP contribution in [0.2, 0.25) is 0 Å². The maximum Gasteiger partial charge on any atom is 0.0535 e. The fourth-order valence-corrected chi connectivity index (χ4v) is 3.39. The predicted octanol–water partition coefficient (Wildman–Crippen LogP) is 1.43. The normalized spacial score (nSPS) is 33.2. The number of aromatic amines is 1. The SMILES string of the molecule is Cc1[nH]ncc1CNC1CC2CCC(C1)N2C. The van der Waals surface area contributed by atoms with Gasteiger partial charge in [0, 0.05) is 35.9 Å². The molecular formula is C13H22N4. The third-order valence-electron chi connectivity index (χ3n) is 4.61. The first-order valence-corrected chi connectivity index (χ1v) is 6.68. The maximum absolute atomic E-state index is 4.07. The average Bonchev–Trinajstić information content (AvgIpc) is 2.78. The van der Waals surface area contributed by atoms with Gasteiger partial charge in [0.15, 0.2) is 0 Å². The van der Waals surface area contributed by atoms with Crippen LogP contribution >= 0.6 is 0 Å². The lowest BCUT2D eigenvalue weighted by molar-refractivity contribution is 0.148. The van der Waals surface area contributed by atoms with Crippen molar-refractivity contribution in [3.8, 4) is 0 Å². The van der Waals surface area contributed by atoms with E-state index in [1.807, 2.05) is 6.20 Å². The molecule has 4 nitrogen and oxygen atoms in total. The van der Waals surface area contributed by atoms with Gasteiger partial charge in [-0.05, 0) is 39.7 Å². The molecule has 0 saturated carbocycles. The van der Waals surface area contributed by atoms with E-state index in [1.54, 1.807) is 0 Å². The molecule has 3 rings (SSSR count). The lowest BCUT2D eigenvalue weighted by atomic mass is 9.98. The Morgan fingerprint density at radius 1 is 1.41 bits per heavy atom. The number of piperidine rings is 1. The second kappa shape index (κ2) is 4.42. The van der Waals surface area contributed by atoms with Crippen LogP contribution in [-0.4, -0.2) is 40.3 Å². The first-order chi connectivity index (χ1) is 8.24. The zero-order valence-electron chi connectivity index (χ0n) is 10.7. The van der Waals surface area contributed by atoms with Crippen molar-refractivity contribution in [3.05, 3.63) is 17.5 Å². The summed E-state index contributed by atoms with van der Waals surface area (Å²) in [7, 11) is 2.29. The van der Waals surface area contributed by atoms with E-state index in [-0.39, 0.29) is 0 Å². The Bertz CT molecular complexity index is 373. The molecule has 0 amide bonds. The quantitative estimate of drug-likeness (QED) is 0.831. The number of hydrogen-bond donors (Lipinski definition) is 2. The Kier molecular flexibility index (Phi) is 2.92. The average molecular weight is 234 g/mol. The first-order valence-electron chi connectivity index (χ1n) is 6.68. The highest BCUT2D eigenvalue weighted by molar-refractivity contribution is 5.14. The van der Waals surface area contributed by atoms with Crippen LogP contribution in [0.25, 0.3) is 0 Å². The van der Waals surface area contributed by atoms with Gasteiger partial charge in [-0.1, -0.05) is 0 Å². The Hall–Kier alpha value is -0.870. The molecule has 2 unspecified atom stereocenters. The van der Waals surface area contributed by atoms with E-state index in [0.717, 1.165) is 18.6 Å². The second-order valence-corrected chi connectivity index (χ2v) is 5.62. The zero-order chi connectivity index (χ0) is 11.8. The molecular weight excluding hydrogens is 212 g/mol. The van der Waals surface area contributed by atoms with Gasteiger partial charge in [-0.15, -0.1) is 0 Å². The number of nitrogens with zero attached hydrogens (tertiary/aromatic N) is 2. The second-order valence-electron chi connectivity index (χ2n) is 5.62. The smallest absolute Gasteiger partial charge is 0.0535 e. The van der Waals surface area contributed by atoms with E-state index in [1.165, 1.54) is 36.9 Å². The Labute approximate surface area is 103 Å². The van der Waals surface area contributed by atoms with Gasteiger partial charge in [0.1, 0.15) is 0 Å². The number of fused-ring (bicyclic) bond motifs is 2. The van der Waals surface area contributed by atoms with Crippen molar-refractivity contribution in [2.75, 3.05) is 7.05 Å². The summed E-state index contributed by atoms with van der Waals surface area (Å²) in [5.74, 6) is 0. The van der Waals surface area contributed by atoms with Crippen LogP contribution in [0.5, 0.6) is 0 Å². The number of nitrogens with one attached hydrogen (secondary N) is 2. The van der Waals surface area contributed by atoms with Crippen molar-refractivity contribution < 1.29 is 0 Å². The van der Waals surface area contributed by atoms with Crippen LogP contribution in [0.4, 0.5) is 0 Å². The maximum atomic E-state index is 4.07. The van der Waals surface area contributed by atoms with Crippen molar-refractivity contribution in [1.82, 2.24) is 20.4 Å². The van der Waals surface area contributed by atoms with E-state index in [0.29, 0.717) is 6.04 Å². The summed E-state index contributed by atoms with van der Waals surface area (Å²) < 4.78 is 0. The van der Waals surface area contributed by atoms with Gasteiger partial charge in [0.25, 0.3) is 0 Å². The van der Waals surface area contributed by atoms with Gasteiger partial charge in [-0.3, -0.25) is 5.10 Å². The third kappa shape index (κ3) is 2.11. The molecule has 2 saturated heterocycles. The highest BCUT2D eigenvalue weighted by Gasteiger charge is 2.37. The summed E-state index contributed by atoms with van der Waals surface area (Å²) in [5.41, 5.74) is 2.49. The summed E-state index contributed by atoms with van der Waals surface area (Å²) in [5, 5.41) is 10.8. The van der Waals surface area contributed by atoms with Crippen LogP contribution in [0.3, 0.4) is 0 Å². The van der Waals surface area contributed by atoms with E-state index < -0.39 is 0 Å². The topological polar surface area (TPSA) is 44.0 Å². The number of H-pyrrole nitrogens is 1. The van der Waals surface area contributed by atoms with Gasteiger partial charge in [-0.25, -0.2) is 0 Å². The monoisotopic (exact) mass is 234 g/mol. The molecule has 94 valence electrons. The summed E-state index contributed by atoms with van der Waals surface area (Å²) in [6.07, 6.45) is 7.34. The zero-order valence-corrected chi connectivity index (χ0v) is 10.7. The van der Waals surface area contributed by atoms with Gasteiger partial charge >= 0.3 is 0 Å². The van der Waals surface area contributed by atoms with Crippen LogP contribution in [0, 0.1) is 6.92 Å². The fraction of sp³-hybridized carbons (Fsp3) is 0.769. The van der Waals surface area contributed by atoms with E-state index in [4.69, 9.17) is 0 Å². The minimum atomic E-state index is 0.693. The van der Waals surface area contributed by atoms with Crippen molar-refractivity contribution in [2.24, 2.45) is 0 Å². The molecule has 2 aliphatic rings. The summed E-state index contributed by atoms with van der Waals surface area (Å²) >= 11 is 0. The number of aryl methyl sites for hydroxylation is 1. The molecule has 0 radical (unpaired) electrons. The molecule has 3 heterocycles. The minimum absolute atomic E-state index is 0.693. The largest absolute Gasteiger partial charge is 0.310 e. The van der Waals surface area contributed by atoms with Crippen molar-refractivity contribution >= 4 is 0 Å². The molecule has 0 aliphatic carbocycles. The van der Waals surface area contributed by atoms with Crippen molar-refractivity contribution in [1.29, 1.82) is 0 Å². The van der Waals surface area contributed by atoms with Gasteiger partial charge in [0.2, 0.25) is 0 Å². The Morgan fingerprint density at radius 2 is 2.12 bits per heavy atom. The highest BCUT2D eigenvalue weighted by Crippen LogP contribution is 2.34. The highest BCUT2D eigenvalue weighted by atomic mass is 15.2. The molecule has 1 aromatic heterocycles. The fourth-order valence-electron chi connectivity index (χ4n) is 3.39. The number of rotatable bonds is 3. The molecule has 1 aromatic rings.